The maximum absolute atomic E-state index is 13.7. The first-order chi connectivity index (χ1) is 13.4. The summed E-state index contributed by atoms with van der Waals surface area (Å²) in [5, 5.41) is 3.91. The van der Waals surface area contributed by atoms with Gasteiger partial charge in [-0.2, -0.15) is 18.3 Å². The van der Waals surface area contributed by atoms with Gasteiger partial charge in [-0.05, 0) is 42.5 Å². The minimum absolute atomic E-state index is 0.0271. The molecular formula is C20H13F4N3O. The van der Waals surface area contributed by atoms with Gasteiger partial charge in [-0.3, -0.25) is 0 Å². The van der Waals surface area contributed by atoms with Crippen LogP contribution in [0.25, 0.3) is 28.0 Å². The molecule has 4 nitrogen and oxygen atoms in total. The molecule has 0 aliphatic carbocycles. The van der Waals surface area contributed by atoms with Gasteiger partial charge in [-0.15, -0.1) is 0 Å². The van der Waals surface area contributed by atoms with Gasteiger partial charge in [-0.1, -0.05) is 12.1 Å². The summed E-state index contributed by atoms with van der Waals surface area (Å²) >= 11 is 0. The second-order valence-electron chi connectivity index (χ2n) is 6.05. The number of nitrogens with zero attached hydrogens (tertiary/aromatic N) is 3. The molecule has 0 bridgehead atoms. The zero-order valence-electron chi connectivity index (χ0n) is 14.5. The smallest absolute Gasteiger partial charge is 0.417 e. The Balaban J connectivity index is 1.99. The number of ether oxygens (including phenoxy) is 1. The second kappa shape index (κ2) is 6.63. The average molecular weight is 387 g/mol. The molecule has 0 N–H and O–H groups in total. The maximum Gasteiger partial charge on any atom is 0.417 e. The molecule has 0 unspecified atom stereocenters. The summed E-state index contributed by atoms with van der Waals surface area (Å²) in [7, 11) is 1.47. The van der Waals surface area contributed by atoms with Crippen LogP contribution in [-0.2, 0) is 6.18 Å². The Bertz CT molecular complexity index is 1150. The number of rotatable bonds is 3. The van der Waals surface area contributed by atoms with Gasteiger partial charge in [0, 0.05) is 5.56 Å². The minimum Gasteiger partial charge on any atom is -0.497 e. The summed E-state index contributed by atoms with van der Waals surface area (Å²) in [6.45, 7) is 0. The lowest BCUT2D eigenvalue weighted by atomic mass is 10.1. The van der Waals surface area contributed by atoms with Gasteiger partial charge in [0.05, 0.1) is 35.6 Å². The molecule has 0 amide bonds. The van der Waals surface area contributed by atoms with Crippen LogP contribution in [0.3, 0.4) is 0 Å². The van der Waals surface area contributed by atoms with Crippen LogP contribution in [0.2, 0.25) is 0 Å². The number of benzene rings is 2. The summed E-state index contributed by atoms with van der Waals surface area (Å²) in [4.78, 5) is 4.40. The number of methoxy groups -OCH3 is 1. The van der Waals surface area contributed by atoms with E-state index < -0.39 is 17.6 Å². The molecule has 8 heteroatoms. The predicted molar refractivity (Wildman–Crippen MR) is 95.8 cm³/mol. The Morgan fingerprint density at radius 3 is 2.43 bits per heavy atom. The van der Waals surface area contributed by atoms with Crippen LogP contribution in [0.15, 0.2) is 60.8 Å². The van der Waals surface area contributed by atoms with Gasteiger partial charge in [0.1, 0.15) is 11.6 Å². The zero-order chi connectivity index (χ0) is 19.9. The van der Waals surface area contributed by atoms with E-state index in [1.165, 1.54) is 36.1 Å². The second-order valence-corrected chi connectivity index (χ2v) is 6.05. The van der Waals surface area contributed by atoms with E-state index in [1.807, 2.05) is 0 Å². The standard InChI is InChI=1S/C20H13F4N3O/c1-28-15-4-2-3-12(9-15)18-10-17(20(22,23)24)16-11-25-27(19(16)26-18)14-7-5-13(21)6-8-14/h2-11H,1H3. The summed E-state index contributed by atoms with van der Waals surface area (Å²) in [5.74, 6) is 0.0428. The van der Waals surface area contributed by atoms with Crippen molar-refractivity contribution in [3.63, 3.8) is 0 Å². The van der Waals surface area contributed by atoms with Crippen molar-refractivity contribution in [2.45, 2.75) is 6.18 Å². The molecule has 0 atom stereocenters. The van der Waals surface area contributed by atoms with Crippen LogP contribution < -0.4 is 4.74 Å². The number of pyridine rings is 1. The highest BCUT2D eigenvalue weighted by atomic mass is 19.4. The molecule has 28 heavy (non-hydrogen) atoms. The Morgan fingerprint density at radius 2 is 1.75 bits per heavy atom. The van der Waals surface area contributed by atoms with Gasteiger partial charge in [-0.25, -0.2) is 14.1 Å². The third-order valence-corrected chi connectivity index (χ3v) is 4.28. The molecule has 2 heterocycles. The van der Waals surface area contributed by atoms with E-state index in [4.69, 9.17) is 4.74 Å². The molecule has 0 aliphatic heterocycles. The van der Waals surface area contributed by atoms with Crippen LogP contribution in [0, 0.1) is 5.82 Å². The lowest BCUT2D eigenvalue weighted by molar-refractivity contribution is -0.136. The number of alkyl halides is 3. The van der Waals surface area contributed by atoms with E-state index in [-0.39, 0.29) is 16.7 Å². The van der Waals surface area contributed by atoms with Crippen molar-refractivity contribution in [2.75, 3.05) is 7.11 Å². The number of hydrogen-bond acceptors (Lipinski definition) is 3. The summed E-state index contributed by atoms with van der Waals surface area (Å²) in [5.41, 5.74) is 0.184. The number of halogens is 4. The van der Waals surface area contributed by atoms with Crippen LogP contribution in [0.1, 0.15) is 5.56 Å². The zero-order valence-corrected chi connectivity index (χ0v) is 14.5. The first kappa shape index (κ1) is 18.0. The highest BCUT2D eigenvalue weighted by molar-refractivity contribution is 5.84. The fourth-order valence-corrected chi connectivity index (χ4v) is 2.94. The molecule has 142 valence electrons. The van der Waals surface area contributed by atoms with Crippen LogP contribution in [0.5, 0.6) is 5.75 Å². The van der Waals surface area contributed by atoms with Gasteiger partial charge in [0.25, 0.3) is 0 Å². The highest BCUT2D eigenvalue weighted by Crippen LogP contribution is 2.37. The Morgan fingerprint density at radius 1 is 1.00 bits per heavy atom. The topological polar surface area (TPSA) is 39.9 Å². The third kappa shape index (κ3) is 3.17. The van der Waals surface area contributed by atoms with Crippen molar-refractivity contribution in [2.24, 2.45) is 0 Å². The van der Waals surface area contributed by atoms with Crippen LogP contribution in [-0.4, -0.2) is 21.9 Å². The van der Waals surface area contributed by atoms with Crippen molar-refractivity contribution in [3.8, 4) is 22.7 Å². The van der Waals surface area contributed by atoms with Gasteiger partial charge in [0.2, 0.25) is 0 Å². The van der Waals surface area contributed by atoms with Crippen molar-refractivity contribution in [1.29, 1.82) is 0 Å². The van der Waals surface area contributed by atoms with E-state index in [2.05, 4.69) is 10.1 Å². The van der Waals surface area contributed by atoms with E-state index in [0.717, 1.165) is 12.3 Å². The Labute approximate surface area is 157 Å². The van der Waals surface area contributed by atoms with E-state index in [1.54, 1.807) is 24.3 Å². The number of fused-ring (bicyclic) bond motifs is 1. The van der Waals surface area contributed by atoms with Gasteiger partial charge in [0.15, 0.2) is 5.65 Å². The summed E-state index contributed by atoms with van der Waals surface area (Å²) in [6, 6.07) is 12.9. The van der Waals surface area contributed by atoms with E-state index in [9.17, 15) is 17.6 Å². The average Bonchev–Trinajstić information content (AvgIpc) is 3.11. The molecule has 2 aromatic heterocycles. The fourth-order valence-electron chi connectivity index (χ4n) is 2.94. The molecule has 2 aromatic carbocycles. The van der Waals surface area contributed by atoms with Crippen molar-refractivity contribution >= 4 is 11.0 Å². The third-order valence-electron chi connectivity index (χ3n) is 4.28. The molecule has 0 saturated carbocycles. The predicted octanol–water partition coefficient (Wildman–Crippen LogP) is 5.25. The van der Waals surface area contributed by atoms with E-state index >= 15 is 0 Å². The fraction of sp³-hybridized carbons (Fsp3) is 0.100. The normalized spacial score (nSPS) is 11.8. The Kier molecular flexibility index (Phi) is 4.26. The van der Waals surface area contributed by atoms with Crippen LogP contribution in [0.4, 0.5) is 17.6 Å². The Hall–Kier alpha value is -3.42. The number of aromatic nitrogens is 3. The lowest BCUT2D eigenvalue weighted by Crippen LogP contribution is -2.07. The van der Waals surface area contributed by atoms with Gasteiger partial charge < -0.3 is 4.74 Å². The van der Waals surface area contributed by atoms with Crippen molar-refractivity contribution < 1.29 is 22.3 Å². The quantitative estimate of drug-likeness (QED) is 0.451. The van der Waals surface area contributed by atoms with Crippen LogP contribution >= 0.6 is 0 Å². The molecule has 0 saturated heterocycles. The number of hydrogen-bond donors (Lipinski definition) is 0. The molecule has 4 aromatic rings. The highest BCUT2D eigenvalue weighted by Gasteiger charge is 2.34. The van der Waals surface area contributed by atoms with Crippen molar-refractivity contribution in [1.82, 2.24) is 14.8 Å². The molecule has 4 rings (SSSR count). The molecule has 0 spiro atoms. The molecule has 0 aliphatic rings. The molecular weight excluding hydrogens is 374 g/mol. The SMILES string of the molecule is COc1cccc(-c2cc(C(F)(F)F)c3cnn(-c4ccc(F)cc4)c3n2)c1. The van der Waals surface area contributed by atoms with Gasteiger partial charge >= 0.3 is 6.18 Å². The summed E-state index contributed by atoms with van der Waals surface area (Å²) in [6.07, 6.45) is -3.48. The largest absolute Gasteiger partial charge is 0.497 e. The monoisotopic (exact) mass is 387 g/mol. The summed E-state index contributed by atoms with van der Waals surface area (Å²) < 4.78 is 60.7. The minimum atomic E-state index is -4.59. The first-order valence-electron chi connectivity index (χ1n) is 8.23. The molecule has 0 fully saturated rings. The lowest BCUT2D eigenvalue weighted by Gasteiger charge is -2.12. The molecule has 0 radical (unpaired) electrons. The first-order valence-corrected chi connectivity index (χ1v) is 8.23. The maximum atomic E-state index is 13.7. The van der Waals surface area contributed by atoms with E-state index in [0.29, 0.717) is 17.0 Å². The van der Waals surface area contributed by atoms with Crippen molar-refractivity contribution in [3.05, 3.63) is 72.2 Å².